The first-order valence-corrected chi connectivity index (χ1v) is 11.3. The van der Waals surface area contributed by atoms with Gasteiger partial charge >= 0.3 is 0 Å². The van der Waals surface area contributed by atoms with E-state index in [2.05, 4.69) is 31.2 Å². The van der Waals surface area contributed by atoms with Crippen molar-refractivity contribution in [3.05, 3.63) is 59.4 Å². The molecule has 3 rings (SSSR count). The normalized spacial score (nSPS) is 28.4. The Morgan fingerprint density at radius 3 is 2.38 bits per heavy atom. The molecule has 1 aromatic carbocycles. The van der Waals surface area contributed by atoms with Crippen molar-refractivity contribution < 1.29 is 9.13 Å². The summed E-state index contributed by atoms with van der Waals surface area (Å²) in [6.45, 7) is 3.09. The van der Waals surface area contributed by atoms with Crippen molar-refractivity contribution in [3.8, 4) is 6.07 Å². The fourth-order valence-electron chi connectivity index (χ4n) is 4.74. The molecule has 3 heteroatoms. The Labute approximate surface area is 175 Å². The zero-order valence-electron chi connectivity index (χ0n) is 17.7. The zero-order valence-corrected chi connectivity index (χ0v) is 17.7. The number of nitrogens with zero attached hydrogens (tertiary/aromatic N) is 1. The molecule has 0 amide bonds. The highest BCUT2D eigenvalue weighted by atomic mass is 19.1. The van der Waals surface area contributed by atoms with E-state index in [1.165, 1.54) is 61.8 Å². The number of allylic oxidation sites excluding steroid dienone is 4. The molecule has 0 saturated heterocycles. The Balaban J connectivity index is 1.33. The Hall–Kier alpha value is -1.92. The smallest absolute Gasteiger partial charge is 0.199 e. The average molecular weight is 396 g/mol. The first-order chi connectivity index (χ1) is 14.2. The molecule has 156 valence electrons. The van der Waals surface area contributed by atoms with Gasteiger partial charge in [0, 0.05) is 6.61 Å². The third-order valence-corrected chi connectivity index (χ3v) is 6.73. The van der Waals surface area contributed by atoms with Crippen LogP contribution in [-0.4, -0.2) is 12.7 Å². The molecule has 0 spiro atoms. The molecule has 0 heterocycles. The van der Waals surface area contributed by atoms with E-state index in [4.69, 9.17) is 10.00 Å². The van der Waals surface area contributed by atoms with Crippen LogP contribution >= 0.6 is 0 Å². The highest BCUT2D eigenvalue weighted by molar-refractivity contribution is 5.25. The topological polar surface area (TPSA) is 33.0 Å². The summed E-state index contributed by atoms with van der Waals surface area (Å²) in [5.41, 5.74) is 2.92. The van der Waals surface area contributed by atoms with Gasteiger partial charge in [0.1, 0.15) is 6.07 Å². The third-order valence-electron chi connectivity index (χ3n) is 6.73. The quantitative estimate of drug-likeness (QED) is 0.367. The zero-order chi connectivity index (χ0) is 20.5. The first kappa shape index (κ1) is 21.8. The van der Waals surface area contributed by atoms with Gasteiger partial charge in [0.25, 0.3) is 0 Å². The maximum atomic E-state index is 12.8. The van der Waals surface area contributed by atoms with Crippen LogP contribution in [0.1, 0.15) is 75.3 Å². The molecule has 0 atom stereocenters. The van der Waals surface area contributed by atoms with Gasteiger partial charge in [-0.05, 0) is 92.7 Å². The highest BCUT2D eigenvalue weighted by Gasteiger charge is 2.25. The number of rotatable bonds is 7. The monoisotopic (exact) mass is 395 g/mol. The lowest BCUT2D eigenvalue weighted by molar-refractivity contribution is -0.00337. The number of benzene rings is 1. The van der Waals surface area contributed by atoms with Gasteiger partial charge in [-0.25, -0.2) is 0 Å². The number of nitriles is 1. The molecule has 1 aromatic rings. The maximum Gasteiger partial charge on any atom is 0.199 e. The lowest BCUT2D eigenvalue weighted by Gasteiger charge is -2.32. The summed E-state index contributed by atoms with van der Waals surface area (Å²) in [6.07, 6.45) is 16.0. The first-order valence-electron chi connectivity index (χ1n) is 11.3. The summed E-state index contributed by atoms with van der Waals surface area (Å²) in [7, 11) is 0. The number of aryl methyl sites for hydroxylation is 1. The minimum absolute atomic E-state index is 0.429. The van der Waals surface area contributed by atoms with E-state index < -0.39 is 5.83 Å². The predicted octanol–water partition coefficient (Wildman–Crippen LogP) is 7.03. The number of hydrogen-bond acceptors (Lipinski definition) is 2. The van der Waals surface area contributed by atoms with E-state index in [9.17, 15) is 4.39 Å². The highest BCUT2D eigenvalue weighted by Crippen LogP contribution is 2.35. The molecule has 0 bridgehead atoms. The van der Waals surface area contributed by atoms with Crippen LogP contribution in [0.4, 0.5) is 4.39 Å². The SMILES string of the molecule is CCc1ccc(C2CCC(OCC3CCC(/C=C/C=C(\F)C#N)CC3)CC2)cc1. The summed E-state index contributed by atoms with van der Waals surface area (Å²) in [5.74, 6) is 1.13. The standard InChI is InChI=1S/C26H34FNO/c1-2-20-10-12-23(13-11-20)24-14-16-26(17-15-24)29-19-22-8-6-21(7-9-22)4-3-5-25(27)18-28/h3-5,10-13,21-22,24,26H,2,6-9,14-17,19H2,1H3/b4-3+,25-5-. The summed E-state index contributed by atoms with van der Waals surface area (Å²) in [4.78, 5) is 0. The van der Waals surface area contributed by atoms with Crippen molar-refractivity contribution in [1.82, 2.24) is 0 Å². The molecule has 2 saturated carbocycles. The van der Waals surface area contributed by atoms with Gasteiger partial charge in [0.2, 0.25) is 0 Å². The van der Waals surface area contributed by atoms with Gasteiger partial charge < -0.3 is 4.74 Å². The minimum atomic E-state index is -0.726. The molecule has 2 nitrogen and oxygen atoms in total. The fraction of sp³-hybridized carbons (Fsp3) is 0.577. The van der Waals surface area contributed by atoms with Crippen LogP contribution in [-0.2, 0) is 11.2 Å². The molecular weight excluding hydrogens is 361 g/mol. The predicted molar refractivity (Wildman–Crippen MR) is 116 cm³/mol. The molecule has 0 N–H and O–H groups in total. The van der Waals surface area contributed by atoms with Crippen molar-refractivity contribution in [2.24, 2.45) is 11.8 Å². The van der Waals surface area contributed by atoms with Crippen LogP contribution in [0.2, 0.25) is 0 Å². The Morgan fingerprint density at radius 2 is 1.76 bits per heavy atom. The van der Waals surface area contributed by atoms with Gasteiger partial charge in [-0.15, -0.1) is 0 Å². The second kappa shape index (κ2) is 11.3. The molecule has 0 unspecified atom stereocenters. The Morgan fingerprint density at radius 1 is 1.07 bits per heavy atom. The summed E-state index contributed by atoms with van der Waals surface area (Å²) in [6, 6.07) is 10.7. The van der Waals surface area contributed by atoms with Gasteiger partial charge in [0.15, 0.2) is 5.83 Å². The van der Waals surface area contributed by atoms with Gasteiger partial charge in [-0.1, -0.05) is 43.3 Å². The van der Waals surface area contributed by atoms with E-state index in [-0.39, 0.29) is 0 Å². The molecule has 0 aliphatic heterocycles. The number of halogens is 1. The molecule has 0 aromatic heterocycles. The lowest BCUT2D eigenvalue weighted by atomic mass is 9.81. The van der Waals surface area contributed by atoms with Crippen LogP contribution in [0, 0.1) is 23.2 Å². The van der Waals surface area contributed by atoms with Crippen molar-refractivity contribution in [2.75, 3.05) is 6.61 Å². The van der Waals surface area contributed by atoms with E-state index in [0.29, 0.717) is 23.9 Å². The third kappa shape index (κ3) is 6.82. The van der Waals surface area contributed by atoms with Crippen molar-refractivity contribution >= 4 is 0 Å². The minimum Gasteiger partial charge on any atom is -0.378 e. The second-order valence-corrected chi connectivity index (χ2v) is 8.69. The Kier molecular flexibility index (Phi) is 8.50. The van der Waals surface area contributed by atoms with Gasteiger partial charge in [-0.3, -0.25) is 0 Å². The van der Waals surface area contributed by atoms with Crippen LogP contribution in [0.5, 0.6) is 0 Å². The average Bonchev–Trinajstić information content (AvgIpc) is 2.79. The van der Waals surface area contributed by atoms with Crippen LogP contribution in [0.15, 0.2) is 48.3 Å². The molecule has 29 heavy (non-hydrogen) atoms. The van der Waals surface area contributed by atoms with Crippen LogP contribution in [0.25, 0.3) is 0 Å². The van der Waals surface area contributed by atoms with Gasteiger partial charge in [0.05, 0.1) is 6.10 Å². The van der Waals surface area contributed by atoms with E-state index in [1.807, 2.05) is 6.08 Å². The summed E-state index contributed by atoms with van der Waals surface area (Å²) in [5, 5.41) is 8.42. The molecule has 2 fully saturated rings. The number of hydrogen-bond donors (Lipinski definition) is 0. The van der Waals surface area contributed by atoms with E-state index in [1.54, 1.807) is 6.08 Å². The van der Waals surface area contributed by atoms with E-state index in [0.717, 1.165) is 25.9 Å². The largest absolute Gasteiger partial charge is 0.378 e. The molecule has 2 aliphatic rings. The summed E-state index contributed by atoms with van der Waals surface area (Å²) < 4.78 is 19.1. The van der Waals surface area contributed by atoms with Crippen molar-refractivity contribution in [3.63, 3.8) is 0 Å². The van der Waals surface area contributed by atoms with Crippen molar-refractivity contribution in [1.29, 1.82) is 5.26 Å². The summed E-state index contributed by atoms with van der Waals surface area (Å²) >= 11 is 0. The lowest BCUT2D eigenvalue weighted by Crippen LogP contribution is -2.25. The van der Waals surface area contributed by atoms with Crippen LogP contribution < -0.4 is 0 Å². The fourth-order valence-corrected chi connectivity index (χ4v) is 4.74. The second-order valence-electron chi connectivity index (χ2n) is 8.69. The maximum absolute atomic E-state index is 12.8. The van der Waals surface area contributed by atoms with Crippen molar-refractivity contribution in [2.45, 2.75) is 76.7 Å². The van der Waals surface area contributed by atoms with Gasteiger partial charge in [-0.2, -0.15) is 9.65 Å². The number of ether oxygens (including phenoxy) is 1. The Bertz CT molecular complexity index is 714. The molecular formula is C26H34FNO. The van der Waals surface area contributed by atoms with Crippen LogP contribution in [0.3, 0.4) is 0 Å². The molecule has 0 radical (unpaired) electrons. The molecule has 2 aliphatic carbocycles. The van der Waals surface area contributed by atoms with E-state index >= 15 is 0 Å².